The Bertz CT molecular complexity index is 890. The second kappa shape index (κ2) is 5.68. The van der Waals surface area contributed by atoms with Gasteiger partial charge in [-0.05, 0) is 18.6 Å². The van der Waals surface area contributed by atoms with E-state index in [0.29, 0.717) is 18.9 Å². The summed E-state index contributed by atoms with van der Waals surface area (Å²) in [5, 5.41) is 4.29. The van der Waals surface area contributed by atoms with E-state index in [1.807, 2.05) is 31.2 Å². The van der Waals surface area contributed by atoms with Crippen molar-refractivity contribution in [3.05, 3.63) is 59.7 Å². The Hall–Kier alpha value is -2.80. The maximum atomic E-state index is 12.8. The Balaban J connectivity index is 1.59. The summed E-state index contributed by atoms with van der Waals surface area (Å²) in [4.78, 5) is 22.9. The molecule has 122 valence electrons. The van der Waals surface area contributed by atoms with Gasteiger partial charge in [0.25, 0.3) is 11.7 Å². The van der Waals surface area contributed by atoms with Gasteiger partial charge in [-0.15, -0.1) is 5.10 Å². The quantitative estimate of drug-likeness (QED) is 0.760. The first-order valence-corrected chi connectivity index (χ1v) is 7.91. The summed E-state index contributed by atoms with van der Waals surface area (Å²) in [6, 6.07) is 11.8. The number of hydrogen-bond acceptors (Lipinski definition) is 5. The average Bonchev–Trinajstić information content (AvgIpc) is 3.20. The molecule has 7 heteroatoms. The van der Waals surface area contributed by atoms with E-state index in [-0.39, 0.29) is 23.7 Å². The minimum Gasteiger partial charge on any atom is -0.334 e. The molecular formula is C17H18N6O. The third-order valence-corrected chi connectivity index (χ3v) is 4.50. The Morgan fingerprint density at radius 3 is 2.75 bits per heavy atom. The third-order valence-electron chi connectivity index (χ3n) is 4.50. The molecule has 0 spiro atoms. The molecule has 0 unspecified atom stereocenters. The van der Waals surface area contributed by atoms with Gasteiger partial charge in [0, 0.05) is 36.9 Å². The molecular weight excluding hydrogens is 304 g/mol. The van der Waals surface area contributed by atoms with Crippen LogP contribution in [0.1, 0.15) is 27.8 Å². The van der Waals surface area contributed by atoms with Crippen molar-refractivity contribution in [3.63, 3.8) is 0 Å². The third kappa shape index (κ3) is 2.43. The number of likely N-dealkylation sites (tertiary alicyclic amines) is 1. The summed E-state index contributed by atoms with van der Waals surface area (Å²) in [6.07, 6.45) is 1.66. The summed E-state index contributed by atoms with van der Waals surface area (Å²) in [5.41, 5.74) is 8.30. The summed E-state index contributed by atoms with van der Waals surface area (Å²) in [5.74, 6) is 0.528. The van der Waals surface area contributed by atoms with Gasteiger partial charge < -0.3 is 10.6 Å². The highest BCUT2D eigenvalue weighted by atomic mass is 16.2. The van der Waals surface area contributed by atoms with Gasteiger partial charge in [-0.3, -0.25) is 4.79 Å². The van der Waals surface area contributed by atoms with Crippen LogP contribution in [0.5, 0.6) is 0 Å². The molecule has 2 atom stereocenters. The van der Waals surface area contributed by atoms with Crippen LogP contribution < -0.4 is 5.73 Å². The molecule has 1 aliphatic heterocycles. The van der Waals surface area contributed by atoms with Gasteiger partial charge in [0.1, 0.15) is 0 Å². The van der Waals surface area contributed by atoms with E-state index in [1.165, 1.54) is 0 Å². The predicted octanol–water partition coefficient (Wildman–Crippen LogP) is 1.000. The second-order valence-electron chi connectivity index (χ2n) is 6.12. The molecule has 2 aromatic heterocycles. The number of hydrogen-bond donors (Lipinski definition) is 1. The minimum atomic E-state index is -0.200. The van der Waals surface area contributed by atoms with Crippen LogP contribution in [0.2, 0.25) is 0 Å². The van der Waals surface area contributed by atoms with Gasteiger partial charge in [0.2, 0.25) is 5.82 Å². The van der Waals surface area contributed by atoms with Crippen molar-refractivity contribution in [2.24, 2.45) is 5.73 Å². The summed E-state index contributed by atoms with van der Waals surface area (Å²) >= 11 is 0. The Morgan fingerprint density at radius 1 is 1.21 bits per heavy atom. The fourth-order valence-corrected chi connectivity index (χ4v) is 3.19. The van der Waals surface area contributed by atoms with Gasteiger partial charge in [-0.25, -0.2) is 9.50 Å². The number of nitrogens with zero attached hydrogens (tertiary/aromatic N) is 5. The zero-order valence-electron chi connectivity index (χ0n) is 13.3. The van der Waals surface area contributed by atoms with Crippen molar-refractivity contribution in [3.8, 4) is 0 Å². The smallest absolute Gasteiger partial charge is 0.293 e. The van der Waals surface area contributed by atoms with Crippen LogP contribution in [0.25, 0.3) is 5.78 Å². The standard InChI is InChI=1S/C17H18N6O/c1-11-7-8-19-17-20-15(21-23(11)17)16(24)22-9-13(14(18)10-22)12-5-3-2-4-6-12/h2-8,13-14H,9-10,18H2,1H3/t13-,14+/m0/s1. The first kappa shape index (κ1) is 14.8. The van der Waals surface area contributed by atoms with Gasteiger partial charge in [0.05, 0.1) is 0 Å². The predicted molar refractivity (Wildman–Crippen MR) is 88.6 cm³/mol. The molecule has 0 saturated carbocycles. The van der Waals surface area contributed by atoms with E-state index >= 15 is 0 Å². The molecule has 4 rings (SSSR count). The molecule has 24 heavy (non-hydrogen) atoms. The van der Waals surface area contributed by atoms with E-state index in [9.17, 15) is 4.79 Å². The van der Waals surface area contributed by atoms with Crippen molar-refractivity contribution < 1.29 is 4.79 Å². The molecule has 1 amide bonds. The monoisotopic (exact) mass is 322 g/mol. The number of nitrogens with two attached hydrogens (primary N) is 1. The van der Waals surface area contributed by atoms with Crippen LogP contribution in [-0.2, 0) is 0 Å². The topological polar surface area (TPSA) is 89.4 Å². The summed E-state index contributed by atoms with van der Waals surface area (Å²) in [6.45, 7) is 2.97. The molecule has 1 aliphatic rings. The zero-order valence-corrected chi connectivity index (χ0v) is 13.3. The number of amides is 1. The van der Waals surface area contributed by atoms with Gasteiger partial charge in [-0.2, -0.15) is 4.98 Å². The maximum Gasteiger partial charge on any atom is 0.293 e. The molecule has 2 N–H and O–H groups in total. The number of aromatic nitrogens is 4. The minimum absolute atomic E-state index is 0.0896. The normalized spacial score (nSPS) is 20.7. The maximum absolute atomic E-state index is 12.8. The molecule has 3 aromatic rings. The zero-order chi connectivity index (χ0) is 16.7. The van der Waals surface area contributed by atoms with Gasteiger partial charge in [0.15, 0.2) is 0 Å². The number of aryl methyl sites for hydroxylation is 1. The summed E-state index contributed by atoms with van der Waals surface area (Å²) in [7, 11) is 0. The Morgan fingerprint density at radius 2 is 2.00 bits per heavy atom. The van der Waals surface area contributed by atoms with Crippen LogP contribution in [0, 0.1) is 6.92 Å². The number of carbonyl (C=O) groups is 1. The first-order chi connectivity index (χ1) is 11.6. The lowest BCUT2D eigenvalue weighted by molar-refractivity contribution is 0.0777. The fraction of sp³-hybridized carbons (Fsp3) is 0.294. The van der Waals surface area contributed by atoms with Crippen LogP contribution in [-0.4, -0.2) is 49.5 Å². The van der Waals surface area contributed by atoms with Gasteiger partial charge >= 0.3 is 0 Å². The number of fused-ring (bicyclic) bond motifs is 1. The van der Waals surface area contributed by atoms with E-state index < -0.39 is 0 Å². The number of benzene rings is 1. The summed E-state index contributed by atoms with van der Waals surface area (Å²) < 4.78 is 1.58. The molecule has 1 fully saturated rings. The average molecular weight is 322 g/mol. The number of carbonyl (C=O) groups excluding carboxylic acids is 1. The van der Waals surface area contributed by atoms with E-state index in [2.05, 4.69) is 27.2 Å². The van der Waals surface area contributed by atoms with Gasteiger partial charge in [-0.1, -0.05) is 30.3 Å². The van der Waals surface area contributed by atoms with Crippen molar-refractivity contribution in [1.82, 2.24) is 24.5 Å². The lowest BCUT2D eigenvalue weighted by Crippen LogP contribution is -2.32. The van der Waals surface area contributed by atoms with E-state index in [4.69, 9.17) is 5.73 Å². The lowest BCUT2D eigenvalue weighted by Gasteiger charge is -2.14. The molecule has 0 bridgehead atoms. The van der Waals surface area contributed by atoms with Crippen LogP contribution in [0.4, 0.5) is 0 Å². The van der Waals surface area contributed by atoms with Crippen molar-refractivity contribution in [2.75, 3.05) is 13.1 Å². The highest BCUT2D eigenvalue weighted by Gasteiger charge is 2.35. The SMILES string of the molecule is Cc1ccnc2nc(C(=O)N3C[C@@H](N)[C@H](c4ccccc4)C3)nn12. The molecule has 0 aliphatic carbocycles. The Labute approximate surface area is 139 Å². The highest BCUT2D eigenvalue weighted by Crippen LogP contribution is 2.27. The molecule has 1 aromatic carbocycles. The molecule has 7 nitrogen and oxygen atoms in total. The fourth-order valence-electron chi connectivity index (χ4n) is 3.19. The van der Waals surface area contributed by atoms with E-state index in [0.717, 1.165) is 11.3 Å². The van der Waals surface area contributed by atoms with Crippen molar-refractivity contribution >= 4 is 11.7 Å². The number of rotatable bonds is 2. The van der Waals surface area contributed by atoms with Crippen LogP contribution in [0.15, 0.2) is 42.6 Å². The van der Waals surface area contributed by atoms with Crippen LogP contribution in [0.3, 0.4) is 0 Å². The first-order valence-electron chi connectivity index (χ1n) is 7.91. The largest absolute Gasteiger partial charge is 0.334 e. The Kier molecular flexibility index (Phi) is 3.50. The molecule has 1 saturated heterocycles. The van der Waals surface area contributed by atoms with Crippen LogP contribution >= 0.6 is 0 Å². The highest BCUT2D eigenvalue weighted by molar-refractivity contribution is 5.91. The molecule has 3 heterocycles. The second-order valence-corrected chi connectivity index (χ2v) is 6.12. The van der Waals surface area contributed by atoms with Crippen molar-refractivity contribution in [2.45, 2.75) is 18.9 Å². The van der Waals surface area contributed by atoms with Crippen molar-refractivity contribution in [1.29, 1.82) is 0 Å². The lowest BCUT2D eigenvalue weighted by atomic mass is 9.95. The van der Waals surface area contributed by atoms with E-state index in [1.54, 1.807) is 15.6 Å². The molecule has 0 radical (unpaired) electrons.